The Bertz CT molecular complexity index is 451. The van der Waals surface area contributed by atoms with E-state index in [1.807, 2.05) is 11.8 Å². The number of hydrogen-bond acceptors (Lipinski definition) is 6. The highest BCUT2D eigenvalue weighted by molar-refractivity contribution is 8.00. The summed E-state index contributed by atoms with van der Waals surface area (Å²) in [6.07, 6.45) is 7.14. The van der Waals surface area contributed by atoms with E-state index in [1.54, 1.807) is 0 Å². The molecule has 0 spiro atoms. The van der Waals surface area contributed by atoms with Crippen LogP contribution in [0.1, 0.15) is 58.3 Å². The van der Waals surface area contributed by atoms with Crippen LogP contribution < -0.4 is 22.3 Å². The zero-order valence-electron chi connectivity index (χ0n) is 14.4. The molecular formula is C16H30N4O3S. The molecule has 0 aliphatic carbocycles. The number of nitrogens with one attached hydrogen (secondary N) is 2. The van der Waals surface area contributed by atoms with Crippen molar-refractivity contribution >= 4 is 23.8 Å². The highest BCUT2D eigenvalue weighted by Gasteiger charge is 2.43. The molecular weight excluding hydrogens is 328 g/mol. The molecule has 2 rings (SSSR count). The molecule has 6 N–H and O–H groups in total. The lowest BCUT2D eigenvalue weighted by Crippen LogP contribution is -2.50. The van der Waals surface area contributed by atoms with Gasteiger partial charge in [0.1, 0.15) is 5.54 Å². The quantitative estimate of drug-likeness (QED) is 0.266. The second kappa shape index (κ2) is 8.92. The number of amides is 2. The number of thioether (sulfide) groups is 1. The fourth-order valence-corrected chi connectivity index (χ4v) is 5.12. The Balaban J connectivity index is 1.79. The van der Waals surface area contributed by atoms with E-state index >= 15 is 0 Å². The number of carbonyl (C=O) groups excluding carboxylic acids is 2. The van der Waals surface area contributed by atoms with Crippen molar-refractivity contribution in [2.75, 3.05) is 5.75 Å². The SMILES string of the molecule is CCCCCCC(N)(CCC[C@@H]1SC[C@@H]2NC(=O)N[C@@H]21)C(=O)ON. The van der Waals surface area contributed by atoms with Crippen molar-refractivity contribution in [1.82, 2.24) is 10.6 Å². The van der Waals surface area contributed by atoms with Gasteiger partial charge in [0.2, 0.25) is 0 Å². The predicted molar refractivity (Wildman–Crippen MR) is 95.3 cm³/mol. The molecule has 4 atom stereocenters. The Hall–Kier alpha value is -0.990. The molecule has 2 amide bonds. The second-order valence-corrected chi connectivity index (χ2v) is 8.16. The lowest BCUT2D eigenvalue weighted by Gasteiger charge is -2.27. The van der Waals surface area contributed by atoms with Crippen molar-refractivity contribution in [3.05, 3.63) is 0 Å². The Kier molecular flexibility index (Phi) is 7.18. The molecule has 138 valence electrons. The first-order valence-electron chi connectivity index (χ1n) is 8.89. The number of rotatable bonds is 10. The Morgan fingerprint density at radius 3 is 2.75 bits per heavy atom. The van der Waals surface area contributed by atoms with Crippen molar-refractivity contribution in [2.45, 2.75) is 81.2 Å². The summed E-state index contributed by atoms with van der Waals surface area (Å²) in [6.45, 7) is 2.15. The van der Waals surface area contributed by atoms with E-state index in [0.29, 0.717) is 18.1 Å². The van der Waals surface area contributed by atoms with Crippen LogP contribution in [0.25, 0.3) is 0 Å². The van der Waals surface area contributed by atoms with Gasteiger partial charge in [0.15, 0.2) is 0 Å². The largest absolute Gasteiger partial charge is 0.372 e. The summed E-state index contributed by atoms with van der Waals surface area (Å²) >= 11 is 1.87. The normalized spacial score (nSPS) is 28.0. The summed E-state index contributed by atoms with van der Waals surface area (Å²) in [7, 11) is 0. The van der Waals surface area contributed by atoms with E-state index in [4.69, 9.17) is 11.6 Å². The highest BCUT2D eigenvalue weighted by atomic mass is 32.2. The lowest BCUT2D eigenvalue weighted by atomic mass is 9.87. The lowest BCUT2D eigenvalue weighted by molar-refractivity contribution is -0.151. The van der Waals surface area contributed by atoms with Crippen LogP contribution in [0.15, 0.2) is 0 Å². The molecule has 2 aliphatic rings. The first kappa shape index (κ1) is 19.3. The number of nitrogens with two attached hydrogens (primary N) is 2. The molecule has 7 nitrogen and oxygen atoms in total. The van der Waals surface area contributed by atoms with Gasteiger partial charge in [-0.3, -0.25) is 0 Å². The van der Waals surface area contributed by atoms with Crippen molar-refractivity contribution in [1.29, 1.82) is 0 Å². The van der Waals surface area contributed by atoms with Crippen molar-refractivity contribution in [2.24, 2.45) is 11.6 Å². The molecule has 2 fully saturated rings. The second-order valence-electron chi connectivity index (χ2n) is 6.89. The molecule has 8 heteroatoms. The van der Waals surface area contributed by atoms with Crippen molar-refractivity contribution < 1.29 is 14.4 Å². The van der Waals surface area contributed by atoms with Gasteiger partial charge in [0.25, 0.3) is 0 Å². The first-order valence-corrected chi connectivity index (χ1v) is 9.93. The summed E-state index contributed by atoms with van der Waals surface area (Å²) in [5.41, 5.74) is 5.31. The molecule has 2 saturated heterocycles. The number of hydrogen-bond donors (Lipinski definition) is 4. The van der Waals surface area contributed by atoms with Crippen molar-refractivity contribution in [3.63, 3.8) is 0 Å². The molecule has 0 aromatic heterocycles. The number of carbonyl (C=O) groups is 2. The standard InChI is InChI=1S/C16H30N4O3S/c1-2-3-4-5-8-16(17,14(21)23-18)9-6-7-12-13-11(10-24-12)19-15(22)20-13/h11-13H,2-10,17-18H2,1H3,(H2,19,20,22)/t11-,12-,13-,16?/m0/s1. The zero-order chi connectivity index (χ0) is 17.6. The molecule has 0 bridgehead atoms. The van der Waals surface area contributed by atoms with E-state index in [2.05, 4.69) is 22.4 Å². The Morgan fingerprint density at radius 2 is 2.04 bits per heavy atom. The van der Waals surface area contributed by atoms with Crippen LogP contribution in [0.4, 0.5) is 4.79 Å². The fraction of sp³-hybridized carbons (Fsp3) is 0.875. The maximum Gasteiger partial charge on any atom is 0.344 e. The first-order chi connectivity index (χ1) is 11.5. The van der Waals surface area contributed by atoms with Crippen molar-refractivity contribution in [3.8, 4) is 0 Å². The summed E-state index contributed by atoms with van der Waals surface area (Å²) in [4.78, 5) is 27.9. The van der Waals surface area contributed by atoms with E-state index in [0.717, 1.165) is 44.3 Å². The molecule has 0 aromatic carbocycles. The van der Waals surface area contributed by atoms with Gasteiger partial charge in [0, 0.05) is 11.0 Å². The van der Waals surface area contributed by atoms with Crippen LogP contribution in [0, 0.1) is 0 Å². The topological polar surface area (TPSA) is 119 Å². The maximum absolute atomic E-state index is 12.0. The third-order valence-electron chi connectivity index (χ3n) is 5.04. The highest BCUT2D eigenvalue weighted by Crippen LogP contribution is 2.34. The van der Waals surface area contributed by atoms with Crippen LogP contribution in [0.5, 0.6) is 0 Å². The van der Waals surface area contributed by atoms with Gasteiger partial charge in [-0.2, -0.15) is 17.7 Å². The summed E-state index contributed by atoms with van der Waals surface area (Å²) in [5, 5.41) is 6.28. The maximum atomic E-state index is 12.0. The fourth-order valence-electron chi connectivity index (χ4n) is 3.58. The summed E-state index contributed by atoms with van der Waals surface area (Å²) in [5.74, 6) is 5.49. The van der Waals surface area contributed by atoms with Crippen LogP contribution >= 0.6 is 11.8 Å². The molecule has 1 unspecified atom stereocenters. The molecule has 2 aliphatic heterocycles. The van der Waals surface area contributed by atoms with Gasteiger partial charge < -0.3 is 21.2 Å². The summed E-state index contributed by atoms with van der Waals surface area (Å²) in [6, 6.07) is 0.324. The van der Waals surface area contributed by atoms with Gasteiger partial charge >= 0.3 is 12.0 Å². The molecule has 0 aromatic rings. The number of urea groups is 1. The number of unbranched alkanes of at least 4 members (excludes halogenated alkanes) is 3. The zero-order valence-corrected chi connectivity index (χ0v) is 15.2. The Labute approximate surface area is 147 Å². The monoisotopic (exact) mass is 358 g/mol. The predicted octanol–water partition coefficient (Wildman–Crippen LogP) is 1.41. The van der Waals surface area contributed by atoms with Gasteiger partial charge in [-0.05, 0) is 25.7 Å². The smallest absolute Gasteiger partial charge is 0.344 e. The van der Waals surface area contributed by atoms with Crippen LogP contribution in [0.3, 0.4) is 0 Å². The van der Waals surface area contributed by atoms with Crippen LogP contribution in [-0.2, 0) is 9.63 Å². The average molecular weight is 359 g/mol. The third kappa shape index (κ3) is 4.77. The van der Waals surface area contributed by atoms with E-state index in [-0.39, 0.29) is 18.1 Å². The molecule has 0 saturated carbocycles. The number of fused-ring (bicyclic) bond motifs is 1. The van der Waals surface area contributed by atoms with E-state index in [9.17, 15) is 9.59 Å². The van der Waals surface area contributed by atoms with Crippen LogP contribution in [0.2, 0.25) is 0 Å². The average Bonchev–Trinajstić information content (AvgIpc) is 3.10. The minimum absolute atomic E-state index is 0.0777. The van der Waals surface area contributed by atoms with Gasteiger partial charge in [-0.25, -0.2) is 9.59 Å². The Morgan fingerprint density at radius 1 is 1.29 bits per heavy atom. The van der Waals surface area contributed by atoms with E-state index in [1.165, 1.54) is 0 Å². The molecule has 24 heavy (non-hydrogen) atoms. The molecule has 2 heterocycles. The van der Waals surface area contributed by atoms with Crippen LogP contribution in [-0.4, -0.2) is 40.6 Å². The third-order valence-corrected chi connectivity index (χ3v) is 6.55. The minimum atomic E-state index is -0.998. The van der Waals surface area contributed by atoms with Gasteiger partial charge in [-0.15, -0.1) is 0 Å². The molecule has 0 radical (unpaired) electrons. The minimum Gasteiger partial charge on any atom is -0.372 e. The van der Waals surface area contributed by atoms with E-state index < -0.39 is 11.5 Å². The summed E-state index contributed by atoms with van der Waals surface area (Å²) < 4.78 is 0. The van der Waals surface area contributed by atoms with Gasteiger partial charge in [0.05, 0.1) is 12.1 Å². The van der Waals surface area contributed by atoms with Gasteiger partial charge in [-0.1, -0.05) is 32.6 Å².